The highest BCUT2D eigenvalue weighted by molar-refractivity contribution is 5.90. The summed E-state index contributed by atoms with van der Waals surface area (Å²) in [7, 11) is 2.95. The molecule has 10 nitrogen and oxygen atoms in total. The fraction of sp³-hybridized carbons (Fsp3) is 0.364. The van der Waals surface area contributed by atoms with Crippen molar-refractivity contribution in [3.8, 4) is 45.6 Å². The van der Waals surface area contributed by atoms with E-state index in [9.17, 15) is 19.8 Å². The van der Waals surface area contributed by atoms with Gasteiger partial charge in [0.05, 0.1) is 26.1 Å². The van der Waals surface area contributed by atoms with Gasteiger partial charge in [0.1, 0.15) is 0 Å². The molecule has 0 amide bonds. The molecule has 2 aromatic rings. The van der Waals surface area contributed by atoms with Crippen molar-refractivity contribution >= 4 is 11.9 Å². The van der Waals surface area contributed by atoms with E-state index in [0.29, 0.717) is 56.8 Å². The number of methoxy groups -OCH3 is 2. The molecule has 0 spiro atoms. The zero-order valence-corrected chi connectivity index (χ0v) is 17.3. The Kier molecular flexibility index (Phi) is 4.65. The Morgan fingerprint density at radius 1 is 0.781 bits per heavy atom. The monoisotopic (exact) mass is 444 g/mol. The van der Waals surface area contributed by atoms with E-state index in [0.717, 1.165) is 0 Å². The second-order valence-electron chi connectivity index (χ2n) is 7.65. The molecule has 0 radical (unpaired) electrons. The van der Waals surface area contributed by atoms with Gasteiger partial charge in [-0.05, 0) is 36.1 Å². The molecule has 0 bridgehead atoms. The number of rotatable bonds is 4. The van der Waals surface area contributed by atoms with Gasteiger partial charge in [0.25, 0.3) is 0 Å². The van der Waals surface area contributed by atoms with E-state index in [1.165, 1.54) is 14.2 Å². The van der Waals surface area contributed by atoms with Crippen molar-refractivity contribution in [2.45, 2.75) is 12.8 Å². The van der Waals surface area contributed by atoms with Crippen molar-refractivity contribution in [1.82, 2.24) is 0 Å². The van der Waals surface area contributed by atoms with Crippen LogP contribution in [0.5, 0.6) is 34.5 Å². The van der Waals surface area contributed by atoms with Crippen LogP contribution in [0, 0.1) is 11.8 Å². The van der Waals surface area contributed by atoms with E-state index < -0.39 is 23.8 Å². The van der Waals surface area contributed by atoms with Crippen LogP contribution in [0.15, 0.2) is 12.1 Å². The highest BCUT2D eigenvalue weighted by Gasteiger charge is 2.41. The first-order valence-electron chi connectivity index (χ1n) is 9.89. The van der Waals surface area contributed by atoms with E-state index in [2.05, 4.69) is 0 Å². The first kappa shape index (κ1) is 20.1. The minimum absolute atomic E-state index is 0.0141. The second-order valence-corrected chi connectivity index (χ2v) is 7.65. The van der Waals surface area contributed by atoms with E-state index in [1.807, 2.05) is 0 Å². The number of ether oxygens (including phenoxy) is 6. The van der Waals surface area contributed by atoms with Gasteiger partial charge in [0.15, 0.2) is 23.0 Å². The van der Waals surface area contributed by atoms with Gasteiger partial charge in [-0.2, -0.15) is 0 Å². The van der Waals surface area contributed by atoms with Crippen LogP contribution in [-0.4, -0.2) is 50.0 Å². The maximum absolute atomic E-state index is 12.1. The van der Waals surface area contributed by atoms with Crippen LogP contribution in [0.2, 0.25) is 0 Å². The molecule has 2 N–H and O–H groups in total. The van der Waals surface area contributed by atoms with Crippen molar-refractivity contribution in [2.75, 3.05) is 27.8 Å². The summed E-state index contributed by atoms with van der Waals surface area (Å²) in [6, 6.07) is 3.35. The average Bonchev–Trinajstić information content (AvgIpc) is 3.41. The van der Waals surface area contributed by atoms with Crippen molar-refractivity contribution in [3.05, 3.63) is 23.3 Å². The Balaban J connectivity index is 1.88. The molecule has 10 heteroatoms. The number of aliphatic carboxylic acids is 2. The first-order valence-corrected chi connectivity index (χ1v) is 9.89. The van der Waals surface area contributed by atoms with Gasteiger partial charge in [-0.3, -0.25) is 9.59 Å². The normalized spacial score (nSPS) is 19.9. The SMILES string of the molecule is COc1c2c(cc3c1-c1c(cc4c(c1OC)OCO4)C[C@H](C(=O)O)[C@@H](C(=O)O)C3)OCO2. The standard InChI is InChI=1S/C22H20O10/c1-27-19-15-9(5-13-17(19)31-7-29-13)3-11(21(23)24)12(22(25)26)4-10-6-14-18(32-8-30-14)20(28-2)16(10)15/h5-6,11-12H,3-4,7-8H2,1-2H3,(H,23,24)(H,25,26)/t11-,12-/m0/s1. The van der Waals surface area contributed by atoms with E-state index in [4.69, 9.17) is 28.4 Å². The lowest BCUT2D eigenvalue weighted by Gasteiger charge is -2.29. The summed E-state index contributed by atoms with van der Waals surface area (Å²) in [5, 5.41) is 19.8. The Bertz CT molecular complexity index is 1050. The predicted octanol–water partition coefficient (Wildman–Crippen LogP) is 2.33. The number of carboxylic acids is 2. The Hall–Kier alpha value is -3.82. The third-order valence-electron chi connectivity index (χ3n) is 6.06. The fourth-order valence-corrected chi connectivity index (χ4v) is 4.66. The van der Waals surface area contributed by atoms with Gasteiger partial charge in [-0.25, -0.2) is 0 Å². The summed E-state index contributed by atoms with van der Waals surface area (Å²) in [6.45, 7) is -0.0281. The van der Waals surface area contributed by atoms with Crippen molar-refractivity contribution in [1.29, 1.82) is 0 Å². The molecule has 2 aromatic carbocycles. The molecule has 0 saturated heterocycles. The number of carboxylic acid groups (broad SMARTS) is 2. The molecule has 32 heavy (non-hydrogen) atoms. The largest absolute Gasteiger partial charge is 0.492 e. The van der Waals surface area contributed by atoms with Crippen molar-refractivity contribution in [2.24, 2.45) is 11.8 Å². The summed E-state index contributed by atoms with van der Waals surface area (Å²) in [6.07, 6.45) is -0.0999. The van der Waals surface area contributed by atoms with Crippen LogP contribution < -0.4 is 28.4 Å². The van der Waals surface area contributed by atoms with E-state index >= 15 is 0 Å². The van der Waals surface area contributed by atoms with Crippen LogP contribution >= 0.6 is 0 Å². The lowest BCUT2D eigenvalue weighted by molar-refractivity contribution is -0.153. The summed E-state index contributed by atoms with van der Waals surface area (Å²) in [5.41, 5.74) is 2.19. The van der Waals surface area contributed by atoms with Crippen LogP contribution in [0.1, 0.15) is 11.1 Å². The number of fused-ring (bicyclic) bond motifs is 5. The summed E-state index contributed by atoms with van der Waals surface area (Å²) >= 11 is 0. The van der Waals surface area contributed by atoms with Gasteiger partial charge >= 0.3 is 11.9 Å². The third kappa shape index (κ3) is 2.86. The maximum Gasteiger partial charge on any atom is 0.307 e. The number of hydrogen-bond donors (Lipinski definition) is 2. The van der Waals surface area contributed by atoms with Gasteiger partial charge in [-0.15, -0.1) is 0 Å². The van der Waals surface area contributed by atoms with Crippen LogP contribution in [0.3, 0.4) is 0 Å². The molecule has 5 rings (SSSR count). The molecule has 3 aliphatic rings. The Labute approximate surface area is 182 Å². The molecule has 0 saturated carbocycles. The highest BCUT2D eigenvalue weighted by atomic mass is 16.7. The molecule has 0 unspecified atom stereocenters. The van der Waals surface area contributed by atoms with Crippen LogP contribution in [0.4, 0.5) is 0 Å². The van der Waals surface area contributed by atoms with E-state index in [1.54, 1.807) is 12.1 Å². The van der Waals surface area contributed by atoms with Crippen molar-refractivity contribution < 1.29 is 48.2 Å². The van der Waals surface area contributed by atoms with E-state index in [-0.39, 0.29) is 26.4 Å². The lowest BCUT2D eigenvalue weighted by atomic mass is 9.76. The van der Waals surface area contributed by atoms with Gasteiger partial charge < -0.3 is 38.6 Å². The van der Waals surface area contributed by atoms with Gasteiger partial charge in [-0.1, -0.05) is 0 Å². The smallest absolute Gasteiger partial charge is 0.307 e. The number of hydrogen-bond acceptors (Lipinski definition) is 8. The number of carbonyl (C=O) groups is 2. The second kappa shape index (κ2) is 7.40. The minimum atomic E-state index is -1.20. The lowest BCUT2D eigenvalue weighted by Crippen LogP contribution is -2.34. The van der Waals surface area contributed by atoms with Crippen LogP contribution in [0.25, 0.3) is 11.1 Å². The minimum Gasteiger partial charge on any atom is -0.492 e. The molecule has 2 atom stereocenters. The Morgan fingerprint density at radius 3 is 1.53 bits per heavy atom. The molecular weight excluding hydrogens is 424 g/mol. The summed E-state index contributed by atoms with van der Waals surface area (Å²) < 4.78 is 33.7. The highest BCUT2D eigenvalue weighted by Crippen LogP contribution is 2.57. The molecule has 168 valence electrons. The zero-order valence-electron chi connectivity index (χ0n) is 17.3. The molecule has 0 fully saturated rings. The van der Waals surface area contributed by atoms with Crippen LogP contribution in [-0.2, 0) is 22.4 Å². The average molecular weight is 444 g/mol. The zero-order chi connectivity index (χ0) is 22.6. The number of benzene rings is 2. The van der Waals surface area contributed by atoms with Gasteiger partial charge in [0.2, 0.25) is 25.1 Å². The third-order valence-corrected chi connectivity index (χ3v) is 6.06. The molecule has 1 aliphatic carbocycles. The topological polar surface area (TPSA) is 130 Å². The van der Waals surface area contributed by atoms with Crippen molar-refractivity contribution in [3.63, 3.8) is 0 Å². The molecule has 2 heterocycles. The Morgan fingerprint density at radius 2 is 1.19 bits per heavy atom. The summed E-state index contributed by atoms with van der Waals surface area (Å²) in [4.78, 5) is 24.3. The first-order chi connectivity index (χ1) is 15.4. The molecule has 2 aliphatic heterocycles. The summed E-state index contributed by atoms with van der Waals surface area (Å²) in [5.74, 6) is -2.47. The quantitative estimate of drug-likeness (QED) is 0.725. The fourth-order valence-electron chi connectivity index (χ4n) is 4.66. The molecule has 0 aromatic heterocycles. The maximum atomic E-state index is 12.1. The van der Waals surface area contributed by atoms with Gasteiger partial charge in [0, 0.05) is 11.1 Å². The predicted molar refractivity (Wildman–Crippen MR) is 107 cm³/mol. The molecular formula is C22H20O10.